The number of ether oxygens (including phenoxy) is 1. The Balaban J connectivity index is 1.86. The lowest BCUT2D eigenvalue weighted by atomic mass is 9.71. The number of benzene rings is 2. The van der Waals surface area contributed by atoms with Crippen LogP contribution in [0.1, 0.15) is 41.0 Å². The lowest BCUT2D eigenvalue weighted by molar-refractivity contribution is 0.0535. The standard InChI is InChI=1S/C21H19ClFNO4/c1-21(2)14-7-11(28-9-10(26)8-25)3-4-12(14)19(27)16-13-5-6-15(22)17(23)18(13)24-20(16)21/h3-7,10,24-26H,8-9H2,1-2H3/t10-/m1/s1. The second-order valence-corrected chi connectivity index (χ2v) is 7.88. The number of aliphatic hydroxyl groups is 2. The number of fused-ring (bicyclic) bond motifs is 4. The Labute approximate surface area is 165 Å². The van der Waals surface area contributed by atoms with E-state index in [1.165, 1.54) is 6.07 Å². The van der Waals surface area contributed by atoms with Crippen molar-refractivity contribution in [3.8, 4) is 5.75 Å². The molecule has 0 aliphatic heterocycles. The first-order valence-corrected chi connectivity index (χ1v) is 9.24. The van der Waals surface area contributed by atoms with Crippen LogP contribution in [0, 0.1) is 5.82 Å². The Morgan fingerprint density at radius 1 is 1.29 bits per heavy atom. The fourth-order valence-electron chi connectivity index (χ4n) is 3.75. The number of carbonyl (C=O) groups excluding carboxylic acids is 1. The van der Waals surface area contributed by atoms with E-state index in [-0.39, 0.29) is 22.9 Å². The second-order valence-electron chi connectivity index (χ2n) is 7.47. The van der Waals surface area contributed by atoms with Gasteiger partial charge in [-0.3, -0.25) is 4.79 Å². The van der Waals surface area contributed by atoms with Gasteiger partial charge in [-0.15, -0.1) is 0 Å². The molecule has 0 radical (unpaired) electrons. The van der Waals surface area contributed by atoms with Crippen molar-refractivity contribution in [3.63, 3.8) is 0 Å². The molecule has 1 atom stereocenters. The summed E-state index contributed by atoms with van der Waals surface area (Å²) in [6.07, 6.45) is -0.987. The molecule has 1 aliphatic rings. The predicted octanol–water partition coefficient (Wildman–Crippen LogP) is 3.56. The first kappa shape index (κ1) is 18.9. The van der Waals surface area contributed by atoms with Gasteiger partial charge in [-0.2, -0.15) is 0 Å². The van der Waals surface area contributed by atoms with Crippen LogP contribution in [-0.2, 0) is 5.41 Å². The summed E-state index contributed by atoms with van der Waals surface area (Å²) in [5, 5.41) is 18.9. The first-order chi connectivity index (χ1) is 13.3. The lowest BCUT2D eigenvalue weighted by Gasteiger charge is -2.32. The number of ketones is 1. The Bertz CT molecular complexity index is 1110. The summed E-state index contributed by atoms with van der Waals surface area (Å²) in [6, 6.07) is 8.17. The number of H-pyrrole nitrogens is 1. The van der Waals surface area contributed by atoms with Gasteiger partial charge in [0.15, 0.2) is 11.6 Å². The van der Waals surface area contributed by atoms with Crippen molar-refractivity contribution >= 4 is 28.3 Å². The van der Waals surface area contributed by atoms with E-state index in [1.807, 2.05) is 13.8 Å². The number of aromatic nitrogens is 1. The summed E-state index contributed by atoms with van der Waals surface area (Å²) in [5.41, 5.74) is 1.92. The molecule has 0 fully saturated rings. The Morgan fingerprint density at radius 2 is 2.04 bits per heavy atom. The van der Waals surface area contributed by atoms with Gasteiger partial charge in [0.1, 0.15) is 18.5 Å². The van der Waals surface area contributed by atoms with Crippen molar-refractivity contribution in [2.75, 3.05) is 13.2 Å². The van der Waals surface area contributed by atoms with Crippen LogP contribution >= 0.6 is 11.6 Å². The number of hydrogen-bond donors (Lipinski definition) is 3. The minimum atomic E-state index is -0.987. The summed E-state index contributed by atoms with van der Waals surface area (Å²) in [6.45, 7) is 3.42. The summed E-state index contributed by atoms with van der Waals surface area (Å²) in [5.74, 6) is -0.302. The highest BCUT2D eigenvalue weighted by molar-refractivity contribution is 6.32. The van der Waals surface area contributed by atoms with E-state index in [0.29, 0.717) is 28.0 Å². The molecular formula is C21H19ClFNO4. The Kier molecular flexibility index (Phi) is 4.45. The quantitative estimate of drug-likeness (QED) is 0.622. The third-order valence-corrected chi connectivity index (χ3v) is 5.57. The maximum Gasteiger partial charge on any atom is 0.195 e. The molecular weight excluding hydrogens is 385 g/mol. The third kappa shape index (κ3) is 2.71. The molecule has 2 aromatic carbocycles. The molecule has 7 heteroatoms. The topological polar surface area (TPSA) is 82.5 Å². The molecule has 3 N–H and O–H groups in total. The normalized spacial score (nSPS) is 16.0. The van der Waals surface area contributed by atoms with Gasteiger partial charge in [0.2, 0.25) is 0 Å². The molecule has 0 saturated heterocycles. The van der Waals surface area contributed by atoms with E-state index in [9.17, 15) is 14.3 Å². The van der Waals surface area contributed by atoms with Crippen LogP contribution in [0.4, 0.5) is 4.39 Å². The molecule has 0 saturated carbocycles. The van der Waals surface area contributed by atoms with Crippen molar-refractivity contribution in [3.05, 3.63) is 63.6 Å². The lowest BCUT2D eigenvalue weighted by Crippen LogP contribution is -2.30. The number of halogens is 2. The van der Waals surface area contributed by atoms with E-state index in [4.69, 9.17) is 21.4 Å². The highest BCUT2D eigenvalue weighted by Crippen LogP contribution is 2.45. The molecule has 146 valence electrons. The average molecular weight is 404 g/mol. The van der Waals surface area contributed by atoms with Gasteiger partial charge >= 0.3 is 0 Å². The smallest absolute Gasteiger partial charge is 0.195 e. The molecule has 3 aromatic rings. The second kappa shape index (κ2) is 6.58. The molecule has 5 nitrogen and oxygen atoms in total. The van der Waals surface area contributed by atoms with Gasteiger partial charge in [-0.1, -0.05) is 31.5 Å². The Morgan fingerprint density at radius 3 is 2.75 bits per heavy atom. The molecule has 1 aromatic heterocycles. The van der Waals surface area contributed by atoms with Crippen LogP contribution in [0.25, 0.3) is 10.9 Å². The number of rotatable bonds is 4. The highest BCUT2D eigenvalue weighted by atomic mass is 35.5. The van der Waals surface area contributed by atoms with Gasteiger partial charge in [-0.05, 0) is 29.8 Å². The zero-order valence-electron chi connectivity index (χ0n) is 15.3. The number of carbonyl (C=O) groups is 1. The van der Waals surface area contributed by atoms with Gasteiger partial charge in [-0.25, -0.2) is 4.39 Å². The number of nitrogens with one attached hydrogen (secondary N) is 1. The van der Waals surface area contributed by atoms with E-state index in [1.54, 1.807) is 24.3 Å². The average Bonchev–Trinajstić information content (AvgIpc) is 3.09. The molecule has 0 bridgehead atoms. The van der Waals surface area contributed by atoms with E-state index in [2.05, 4.69) is 4.98 Å². The summed E-state index contributed by atoms with van der Waals surface area (Å²) >= 11 is 5.91. The number of aromatic amines is 1. The first-order valence-electron chi connectivity index (χ1n) is 8.86. The monoisotopic (exact) mass is 403 g/mol. The third-order valence-electron chi connectivity index (χ3n) is 5.28. The number of aliphatic hydroxyl groups excluding tert-OH is 2. The van der Waals surface area contributed by atoms with E-state index >= 15 is 0 Å². The maximum atomic E-state index is 14.5. The molecule has 28 heavy (non-hydrogen) atoms. The molecule has 0 amide bonds. The summed E-state index contributed by atoms with van der Waals surface area (Å²) in [7, 11) is 0. The van der Waals surface area contributed by atoms with Gasteiger partial charge in [0.05, 0.1) is 22.7 Å². The Hall–Kier alpha value is -2.41. The predicted molar refractivity (Wildman–Crippen MR) is 104 cm³/mol. The van der Waals surface area contributed by atoms with Crippen LogP contribution in [0.15, 0.2) is 30.3 Å². The minimum Gasteiger partial charge on any atom is -0.491 e. The van der Waals surface area contributed by atoms with Crippen molar-refractivity contribution < 1.29 is 24.1 Å². The van der Waals surface area contributed by atoms with Crippen LogP contribution in [0.3, 0.4) is 0 Å². The van der Waals surface area contributed by atoms with Crippen LogP contribution in [0.5, 0.6) is 5.75 Å². The van der Waals surface area contributed by atoms with Crippen molar-refractivity contribution in [1.29, 1.82) is 0 Å². The minimum absolute atomic E-state index is 0.00741. The highest BCUT2D eigenvalue weighted by Gasteiger charge is 2.40. The number of hydrogen-bond acceptors (Lipinski definition) is 4. The van der Waals surface area contributed by atoms with Gasteiger partial charge in [0, 0.05) is 22.1 Å². The molecule has 0 spiro atoms. The fourth-order valence-corrected chi connectivity index (χ4v) is 3.91. The van der Waals surface area contributed by atoms with Crippen LogP contribution in [0.2, 0.25) is 5.02 Å². The summed E-state index contributed by atoms with van der Waals surface area (Å²) < 4.78 is 20.1. The van der Waals surface area contributed by atoms with Crippen molar-refractivity contribution in [1.82, 2.24) is 4.98 Å². The van der Waals surface area contributed by atoms with Gasteiger partial charge in [0.25, 0.3) is 0 Å². The largest absolute Gasteiger partial charge is 0.491 e. The van der Waals surface area contributed by atoms with E-state index in [0.717, 1.165) is 5.56 Å². The molecule has 0 unspecified atom stereocenters. The van der Waals surface area contributed by atoms with Crippen LogP contribution < -0.4 is 4.74 Å². The SMILES string of the molecule is CC1(C)c2cc(OC[C@H](O)CO)ccc2C(=O)c2c1[nH]c1c(F)c(Cl)ccc21. The fraction of sp³-hybridized carbons (Fsp3) is 0.286. The zero-order chi connectivity index (χ0) is 20.2. The zero-order valence-corrected chi connectivity index (χ0v) is 16.1. The molecule has 1 aliphatic carbocycles. The van der Waals surface area contributed by atoms with E-state index < -0.39 is 23.9 Å². The van der Waals surface area contributed by atoms with Crippen molar-refractivity contribution in [2.24, 2.45) is 0 Å². The summed E-state index contributed by atoms with van der Waals surface area (Å²) in [4.78, 5) is 16.3. The molecule has 4 rings (SSSR count). The van der Waals surface area contributed by atoms with Gasteiger partial charge < -0.3 is 19.9 Å². The molecule has 1 heterocycles. The van der Waals surface area contributed by atoms with Crippen molar-refractivity contribution in [2.45, 2.75) is 25.4 Å². The van der Waals surface area contributed by atoms with Crippen LogP contribution in [-0.4, -0.2) is 40.3 Å². The maximum absolute atomic E-state index is 14.5.